The summed E-state index contributed by atoms with van der Waals surface area (Å²) < 4.78 is 21.6. The van der Waals surface area contributed by atoms with Crippen molar-refractivity contribution in [1.82, 2.24) is 5.32 Å². The number of allylic oxidation sites excluding steroid dienone is 2. The molecule has 1 aliphatic heterocycles. The van der Waals surface area contributed by atoms with Gasteiger partial charge in [-0.2, -0.15) is 0 Å². The van der Waals surface area contributed by atoms with Crippen molar-refractivity contribution in [2.75, 3.05) is 20.8 Å². The van der Waals surface area contributed by atoms with Crippen molar-refractivity contribution in [2.24, 2.45) is 5.92 Å². The van der Waals surface area contributed by atoms with Crippen molar-refractivity contribution in [1.29, 1.82) is 0 Å². The highest BCUT2D eigenvalue weighted by Gasteiger charge is 2.49. The first kappa shape index (κ1) is 21.7. The molecule has 1 amide bonds. The van der Waals surface area contributed by atoms with Crippen LogP contribution in [0.5, 0.6) is 11.5 Å². The molecule has 8 heteroatoms. The summed E-state index contributed by atoms with van der Waals surface area (Å²) in [5, 5.41) is 2.85. The largest absolute Gasteiger partial charge is 0.497 e. The minimum absolute atomic E-state index is 0.0507. The number of nitrogens with one attached hydrogen (secondary N) is 1. The quantitative estimate of drug-likeness (QED) is 0.545. The minimum Gasteiger partial charge on any atom is -0.497 e. The molecule has 1 aromatic heterocycles. The molecule has 0 radical (unpaired) electrons. The van der Waals surface area contributed by atoms with Gasteiger partial charge in [0.1, 0.15) is 23.2 Å². The number of carbonyl (C=O) groups is 3. The maximum Gasteiger partial charge on any atom is 0.317 e. The molecule has 2 heterocycles. The summed E-state index contributed by atoms with van der Waals surface area (Å²) in [6, 6.07) is 8.68. The molecule has 0 saturated heterocycles. The number of carbonyl (C=O) groups excluding carboxylic acids is 3. The van der Waals surface area contributed by atoms with Crippen molar-refractivity contribution < 1.29 is 33.0 Å². The number of amides is 1. The first-order chi connectivity index (χ1) is 15.5. The Morgan fingerprint density at radius 1 is 1.16 bits per heavy atom. The van der Waals surface area contributed by atoms with E-state index >= 15 is 0 Å². The third-order valence-electron chi connectivity index (χ3n) is 5.99. The van der Waals surface area contributed by atoms with Crippen LogP contribution in [0.25, 0.3) is 0 Å². The van der Waals surface area contributed by atoms with Gasteiger partial charge in [-0.05, 0) is 43.7 Å². The van der Waals surface area contributed by atoms with Crippen LogP contribution < -0.4 is 14.8 Å². The van der Waals surface area contributed by atoms with Crippen LogP contribution in [0.2, 0.25) is 0 Å². The number of rotatable bonds is 6. The molecular formula is C24H25NO7. The van der Waals surface area contributed by atoms with Crippen molar-refractivity contribution in [2.45, 2.75) is 31.6 Å². The maximum atomic E-state index is 13.8. The van der Waals surface area contributed by atoms with Crippen molar-refractivity contribution in [3.05, 3.63) is 59.2 Å². The van der Waals surface area contributed by atoms with E-state index in [2.05, 4.69) is 5.32 Å². The third-order valence-corrected chi connectivity index (χ3v) is 5.99. The Labute approximate surface area is 185 Å². The van der Waals surface area contributed by atoms with Crippen LogP contribution in [0.15, 0.2) is 52.3 Å². The number of esters is 1. The normalized spacial score (nSPS) is 22.8. The van der Waals surface area contributed by atoms with Gasteiger partial charge < -0.3 is 23.9 Å². The van der Waals surface area contributed by atoms with E-state index in [4.69, 9.17) is 18.6 Å². The monoisotopic (exact) mass is 439 g/mol. The fraction of sp³-hybridized carbons (Fsp3) is 0.375. The zero-order valence-corrected chi connectivity index (χ0v) is 18.2. The zero-order chi connectivity index (χ0) is 22.8. The lowest BCUT2D eigenvalue weighted by molar-refractivity contribution is -0.152. The predicted molar refractivity (Wildman–Crippen MR) is 113 cm³/mol. The molecule has 8 nitrogen and oxygen atoms in total. The molecular weight excluding hydrogens is 414 g/mol. The minimum atomic E-state index is -1.06. The standard InChI is InChI=1S/C24H25NO7/c1-4-31-24(28)22-16(19-6-5-9-32-19)11-17-21(23(22)27)15(12-20(26)25-17)14-10-13(29-2)7-8-18(14)30-3/h5-10,15-16,22H,4,11-12H2,1-3H3,(H,25,26). The molecule has 3 atom stereocenters. The lowest BCUT2D eigenvalue weighted by atomic mass is 9.69. The number of furan rings is 1. The fourth-order valence-corrected chi connectivity index (χ4v) is 4.60. The Morgan fingerprint density at radius 3 is 2.62 bits per heavy atom. The summed E-state index contributed by atoms with van der Waals surface area (Å²) in [5.41, 5.74) is 1.56. The highest BCUT2D eigenvalue weighted by Crippen LogP contribution is 2.47. The van der Waals surface area contributed by atoms with Gasteiger partial charge in [0, 0.05) is 35.1 Å². The third kappa shape index (κ3) is 3.77. The van der Waals surface area contributed by atoms with Gasteiger partial charge in [0.25, 0.3) is 0 Å². The molecule has 1 aliphatic carbocycles. The van der Waals surface area contributed by atoms with Gasteiger partial charge >= 0.3 is 5.97 Å². The first-order valence-corrected chi connectivity index (χ1v) is 10.5. The molecule has 4 rings (SSSR count). The van der Waals surface area contributed by atoms with E-state index in [0.717, 1.165) is 0 Å². The van der Waals surface area contributed by atoms with Crippen LogP contribution in [0.1, 0.15) is 42.9 Å². The SMILES string of the molecule is CCOC(=O)C1C(=O)C2=C(CC1c1ccco1)NC(=O)CC2c1cc(OC)ccc1OC. The molecule has 2 aromatic rings. The van der Waals surface area contributed by atoms with E-state index in [9.17, 15) is 14.4 Å². The van der Waals surface area contributed by atoms with Gasteiger partial charge in [0.05, 0.1) is 27.1 Å². The second kappa shape index (κ2) is 8.90. The topological polar surface area (TPSA) is 104 Å². The van der Waals surface area contributed by atoms with Gasteiger partial charge in [-0.3, -0.25) is 14.4 Å². The van der Waals surface area contributed by atoms with E-state index in [1.165, 1.54) is 13.4 Å². The smallest absolute Gasteiger partial charge is 0.317 e. The molecule has 0 fully saturated rings. The van der Waals surface area contributed by atoms with E-state index in [-0.39, 0.29) is 31.1 Å². The summed E-state index contributed by atoms with van der Waals surface area (Å²) in [5.74, 6) is -1.78. The summed E-state index contributed by atoms with van der Waals surface area (Å²) in [6.45, 7) is 1.85. The first-order valence-electron chi connectivity index (χ1n) is 10.5. The lowest BCUT2D eigenvalue weighted by Gasteiger charge is -2.37. The molecule has 168 valence electrons. The average Bonchev–Trinajstić information content (AvgIpc) is 3.32. The lowest BCUT2D eigenvalue weighted by Crippen LogP contribution is -2.44. The molecule has 2 aliphatic rings. The Morgan fingerprint density at radius 2 is 1.97 bits per heavy atom. The summed E-state index contributed by atoms with van der Waals surface area (Å²) in [6.07, 6.45) is 1.82. The van der Waals surface area contributed by atoms with Crippen LogP contribution in [0, 0.1) is 5.92 Å². The number of ketones is 1. The second-order valence-corrected chi connectivity index (χ2v) is 7.73. The number of hydrogen-bond acceptors (Lipinski definition) is 7. The summed E-state index contributed by atoms with van der Waals surface area (Å²) in [7, 11) is 3.07. The van der Waals surface area contributed by atoms with Crippen LogP contribution in [-0.2, 0) is 19.1 Å². The summed E-state index contributed by atoms with van der Waals surface area (Å²) in [4.78, 5) is 39.3. The number of Topliss-reactive ketones (excluding diaryl/α,β-unsaturated/α-hetero) is 1. The Kier molecular flexibility index (Phi) is 6.03. The highest BCUT2D eigenvalue weighted by molar-refractivity contribution is 6.12. The van der Waals surface area contributed by atoms with E-state index < -0.39 is 23.7 Å². The van der Waals surface area contributed by atoms with E-state index in [1.54, 1.807) is 44.4 Å². The molecule has 1 aromatic carbocycles. The molecule has 32 heavy (non-hydrogen) atoms. The molecule has 0 saturated carbocycles. The fourth-order valence-electron chi connectivity index (χ4n) is 4.60. The van der Waals surface area contributed by atoms with Gasteiger partial charge in [0.2, 0.25) is 5.91 Å². The Balaban J connectivity index is 1.85. The predicted octanol–water partition coefficient (Wildman–Crippen LogP) is 3.09. The van der Waals surface area contributed by atoms with E-state index in [0.29, 0.717) is 34.1 Å². The molecule has 0 bridgehead atoms. The number of benzene rings is 1. The van der Waals surface area contributed by atoms with Crippen molar-refractivity contribution in [3.63, 3.8) is 0 Å². The average molecular weight is 439 g/mol. The number of hydrogen-bond donors (Lipinski definition) is 1. The van der Waals surface area contributed by atoms with Crippen molar-refractivity contribution >= 4 is 17.7 Å². The second-order valence-electron chi connectivity index (χ2n) is 7.73. The van der Waals surface area contributed by atoms with Crippen LogP contribution in [0.4, 0.5) is 0 Å². The Bertz CT molecular complexity index is 1070. The maximum absolute atomic E-state index is 13.8. The van der Waals surface area contributed by atoms with Gasteiger partial charge in [-0.25, -0.2) is 0 Å². The van der Waals surface area contributed by atoms with Gasteiger partial charge in [-0.15, -0.1) is 0 Å². The molecule has 1 N–H and O–H groups in total. The van der Waals surface area contributed by atoms with E-state index in [1.807, 2.05) is 0 Å². The molecule has 0 spiro atoms. The number of ether oxygens (including phenoxy) is 3. The van der Waals surface area contributed by atoms with Crippen LogP contribution in [0.3, 0.4) is 0 Å². The Hall–Kier alpha value is -3.55. The highest BCUT2D eigenvalue weighted by atomic mass is 16.5. The molecule has 3 unspecified atom stereocenters. The van der Waals surface area contributed by atoms with Gasteiger partial charge in [-0.1, -0.05) is 0 Å². The van der Waals surface area contributed by atoms with Crippen molar-refractivity contribution in [3.8, 4) is 11.5 Å². The van der Waals surface area contributed by atoms with Crippen LogP contribution >= 0.6 is 0 Å². The van der Waals surface area contributed by atoms with Crippen LogP contribution in [-0.4, -0.2) is 38.5 Å². The van der Waals surface area contributed by atoms with Gasteiger partial charge in [0.15, 0.2) is 5.78 Å². The summed E-state index contributed by atoms with van der Waals surface area (Å²) >= 11 is 0. The number of methoxy groups -OCH3 is 2. The zero-order valence-electron chi connectivity index (χ0n) is 18.2.